The third-order valence-corrected chi connectivity index (χ3v) is 18.5. The highest BCUT2D eigenvalue weighted by Gasteiger charge is 2.21. The highest BCUT2D eigenvalue weighted by Crippen LogP contribution is 2.27. The second-order valence-electron chi connectivity index (χ2n) is 21.4. The van der Waals surface area contributed by atoms with Crippen molar-refractivity contribution in [2.24, 2.45) is 5.73 Å². The normalized spacial score (nSPS) is 11.7. The van der Waals surface area contributed by atoms with Crippen LogP contribution in [0.5, 0.6) is 0 Å². The van der Waals surface area contributed by atoms with Crippen molar-refractivity contribution in [2.45, 2.75) is 90.8 Å². The summed E-state index contributed by atoms with van der Waals surface area (Å²) in [5.74, 6) is 1.09. The standard InChI is InChI=1S/C28H33FN8O2SSi.C15H21BrN2O2Si.C13H13FN6S/c1-41(2,3)14-13-39-18-37-22-9-5-4-8-20(22)35-27(37)23(38)16-30-12-10-24-36-25-26(33-17-34-28(25)40-24)32-15-21-19(29)7-6-11-31-21;1-21(2,3)9-8-20-11-18-13-7-5-4-6-12(13)17-15(18)14(19)10-16;14-8-2-1-5-16-9(8)6-17-12-11-13(19-7-18-12)21-10(20-11)3-4-15/h4-9,11,17,30H,10,12-16,18H2,1-3H3,(H,32,33,34);4-7H,8-11H2,1-3H3;1-2,5,7H,3-4,6,15H2,(H,17,18,19). The molecule has 0 aliphatic carbocycles. The maximum Gasteiger partial charge on any atom is 0.212 e. The number of pyridine rings is 2. The van der Waals surface area contributed by atoms with Crippen LogP contribution in [0.15, 0.2) is 97.8 Å². The van der Waals surface area contributed by atoms with E-state index in [9.17, 15) is 18.4 Å². The largest absolute Gasteiger partial charge is 0.362 e. The molecular formula is C56H67BrF2N16O4S2Si2. The fraction of sp³-hybridized carbons (Fsp3) is 0.357. The topological polar surface area (TPSA) is 253 Å². The Kier molecular flexibility index (Phi) is 22.2. The predicted octanol–water partition coefficient (Wildman–Crippen LogP) is 10.6. The van der Waals surface area contributed by atoms with Crippen molar-refractivity contribution in [1.29, 1.82) is 0 Å². The molecule has 0 fully saturated rings. The van der Waals surface area contributed by atoms with Gasteiger partial charge >= 0.3 is 0 Å². The molecule has 83 heavy (non-hydrogen) atoms. The van der Waals surface area contributed by atoms with E-state index in [-0.39, 0.29) is 48.2 Å². The Labute approximate surface area is 497 Å². The van der Waals surface area contributed by atoms with E-state index in [2.05, 4.69) is 121 Å². The van der Waals surface area contributed by atoms with Crippen LogP contribution in [-0.4, -0.2) is 125 Å². The lowest BCUT2D eigenvalue weighted by Crippen LogP contribution is -2.27. The summed E-state index contributed by atoms with van der Waals surface area (Å²) in [7, 11) is -2.31. The monoisotopic (exact) mass is 1260 g/mol. The zero-order valence-electron chi connectivity index (χ0n) is 47.2. The van der Waals surface area contributed by atoms with Crippen molar-refractivity contribution >= 4 is 121 Å². The number of ether oxygens (including phenoxy) is 2. The number of nitrogens with zero attached hydrogens (tertiary/aromatic N) is 12. The second kappa shape index (κ2) is 29.6. The minimum atomic E-state index is -1.21. The number of thiazole rings is 2. The average molecular weight is 1270 g/mol. The Morgan fingerprint density at radius 3 is 1.54 bits per heavy atom. The molecule has 10 rings (SSSR count). The summed E-state index contributed by atoms with van der Waals surface area (Å²) in [4.78, 5) is 69.9. The summed E-state index contributed by atoms with van der Waals surface area (Å²) in [6, 6.07) is 23.5. The van der Waals surface area contributed by atoms with Gasteiger partial charge in [-0.05, 0) is 67.2 Å². The first-order chi connectivity index (χ1) is 40.0. The lowest BCUT2D eigenvalue weighted by molar-refractivity contribution is 0.0819. The Hall–Kier alpha value is -6.83. The van der Waals surface area contributed by atoms with Gasteiger partial charge in [-0.15, -0.1) is 0 Å². The number of carbonyl (C=O) groups excluding carboxylic acids is 2. The number of anilines is 2. The molecule has 20 nitrogen and oxygen atoms in total. The van der Waals surface area contributed by atoms with Crippen molar-refractivity contribution in [3.8, 4) is 0 Å². The number of alkyl halides is 1. The van der Waals surface area contributed by atoms with Crippen LogP contribution in [-0.2, 0) is 48.9 Å². The van der Waals surface area contributed by atoms with Gasteiger partial charge in [-0.1, -0.05) is 102 Å². The first-order valence-electron chi connectivity index (χ1n) is 26.9. The summed E-state index contributed by atoms with van der Waals surface area (Å²) in [5, 5.41) is 11.4. The van der Waals surface area contributed by atoms with E-state index in [0.717, 1.165) is 60.4 Å². The Bertz CT molecular complexity index is 3780. The molecule has 0 bridgehead atoms. The van der Waals surface area contributed by atoms with Crippen molar-refractivity contribution in [3.05, 3.63) is 143 Å². The molecule has 0 radical (unpaired) electrons. The molecule has 0 aliphatic heterocycles. The van der Waals surface area contributed by atoms with E-state index in [1.54, 1.807) is 24.5 Å². The number of imidazole rings is 2. The molecule has 27 heteroatoms. The fourth-order valence-corrected chi connectivity index (χ4v) is 11.7. The summed E-state index contributed by atoms with van der Waals surface area (Å²) in [6.45, 7) is 17.6. The maximum absolute atomic E-state index is 13.9. The summed E-state index contributed by atoms with van der Waals surface area (Å²) < 4.78 is 43.0. The molecule has 0 saturated carbocycles. The van der Waals surface area contributed by atoms with E-state index >= 15 is 0 Å². The third kappa shape index (κ3) is 17.6. The van der Waals surface area contributed by atoms with Crippen molar-refractivity contribution in [1.82, 2.24) is 64.3 Å². The van der Waals surface area contributed by atoms with Crippen molar-refractivity contribution in [2.75, 3.05) is 48.8 Å². The van der Waals surface area contributed by atoms with E-state index < -0.39 is 16.1 Å². The van der Waals surface area contributed by atoms with Gasteiger partial charge < -0.3 is 31.2 Å². The second-order valence-corrected chi connectivity index (χ2v) is 35.3. The Morgan fingerprint density at radius 2 is 1.08 bits per heavy atom. The quantitative estimate of drug-likeness (QED) is 0.0170. The number of Topliss-reactive ketones (excluding diaryl/α,β-unsaturated/α-hetero) is 2. The number of ketones is 2. The SMILES string of the molecule is C[Si](C)(C)CCOCn1c(C(=O)CBr)nc2ccccc21.C[Si](C)(C)CCOCn1c(C(=O)CNCCc2nc3c(NCc4ncccc4F)ncnc3s2)nc2ccccc21.NCCc1nc2c(NCc3ncccc3F)ncnc2s1. The highest BCUT2D eigenvalue weighted by atomic mass is 79.9. The van der Waals surface area contributed by atoms with Crippen LogP contribution in [0, 0.1) is 11.6 Å². The van der Waals surface area contributed by atoms with Crippen LogP contribution < -0.4 is 21.7 Å². The van der Waals surface area contributed by atoms with Crippen LogP contribution in [0.3, 0.4) is 0 Å². The Balaban J connectivity index is 0.000000180. The number of carbonyl (C=O) groups is 2. The predicted molar refractivity (Wildman–Crippen MR) is 333 cm³/mol. The summed E-state index contributed by atoms with van der Waals surface area (Å²) in [6.07, 6.45) is 7.34. The molecule has 5 N–H and O–H groups in total. The molecule has 0 saturated heterocycles. The van der Waals surface area contributed by atoms with E-state index in [1.165, 1.54) is 47.5 Å². The molecule has 0 atom stereocenters. The molecule has 0 amide bonds. The summed E-state index contributed by atoms with van der Waals surface area (Å²) in [5.41, 5.74) is 10.9. The van der Waals surface area contributed by atoms with Gasteiger partial charge in [-0.3, -0.25) is 28.7 Å². The number of nitrogens with two attached hydrogens (primary N) is 1. The van der Waals surface area contributed by atoms with Crippen LogP contribution in [0.25, 0.3) is 42.8 Å². The number of nitrogens with one attached hydrogen (secondary N) is 3. The van der Waals surface area contributed by atoms with Gasteiger partial charge in [0.05, 0.1) is 68.4 Å². The van der Waals surface area contributed by atoms with Gasteiger partial charge in [0.25, 0.3) is 0 Å². The molecule has 0 spiro atoms. The number of hydrogen-bond donors (Lipinski definition) is 4. The van der Waals surface area contributed by atoms with Crippen molar-refractivity contribution in [3.63, 3.8) is 0 Å². The minimum Gasteiger partial charge on any atom is -0.362 e. The first kappa shape index (κ1) is 62.2. The van der Waals surface area contributed by atoms with Crippen molar-refractivity contribution < 1.29 is 27.8 Å². The number of hydrogen-bond acceptors (Lipinski definition) is 20. The summed E-state index contributed by atoms with van der Waals surface area (Å²) >= 11 is 6.16. The number of benzene rings is 2. The zero-order valence-corrected chi connectivity index (χ0v) is 52.4. The van der Waals surface area contributed by atoms with Gasteiger partial charge in [0.2, 0.25) is 11.6 Å². The zero-order chi connectivity index (χ0) is 58.9. The molecular weight excluding hydrogens is 1200 g/mol. The van der Waals surface area contributed by atoms with E-state index in [0.29, 0.717) is 91.7 Å². The van der Waals surface area contributed by atoms with Gasteiger partial charge in [0, 0.05) is 61.1 Å². The molecule has 8 aromatic heterocycles. The number of halogens is 3. The van der Waals surface area contributed by atoms with Gasteiger partial charge in [0.1, 0.15) is 58.4 Å². The molecule has 0 unspecified atom stereocenters. The number of para-hydroxylation sites is 4. The number of aromatic nitrogens is 12. The van der Waals surface area contributed by atoms with E-state index in [1.807, 2.05) is 57.7 Å². The average Bonchev–Trinajstić information content (AvgIpc) is 4.41. The molecule has 436 valence electrons. The first-order valence-corrected chi connectivity index (χ1v) is 37.1. The molecule has 2 aromatic carbocycles. The third-order valence-electron chi connectivity index (χ3n) is 12.5. The molecule has 10 aromatic rings. The van der Waals surface area contributed by atoms with Gasteiger partial charge in [0.15, 0.2) is 23.3 Å². The van der Waals surface area contributed by atoms with Crippen LogP contribution >= 0.6 is 38.6 Å². The van der Waals surface area contributed by atoms with Gasteiger partial charge in [-0.25, -0.2) is 48.7 Å². The van der Waals surface area contributed by atoms with Crippen LogP contribution in [0.2, 0.25) is 51.4 Å². The van der Waals surface area contributed by atoms with Crippen LogP contribution in [0.4, 0.5) is 20.4 Å². The highest BCUT2D eigenvalue weighted by molar-refractivity contribution is 9.09. The van der Waals surface area contributed by atoms with Crippen LogP contribution in [0.1, 0.15) is 42.6 Å². The molecule has 8 heterocycles. The minimum absolute atomic E-state index is 0.0278. The lowest BCUT2D eigenvalue weighted by atomic mass is 10.3. The molecule has 0 aliphatic rings. The fourth-order valence-electron chi connectivity index (χ4n) is 8.06. The van der Waals surface area contributed by atoms with E-state index in [4.69, 9.17) is 15.2 Å². The maximum atomic E-state index is 13.9. The Morgan fingerprint density at radius 1 is 0.614 bits per heavy atom. The number of rotatable bonds is 26. The smallest absolute Gasteiger partial charge is 0.212 e. The number of fused-ring (bicyclic) bond motifs is 4. The van der Waals surface area contributed by atoms with Gasteiger partial charge in [-0.2, -0.15) is 0 Å². The lowest BCUT2D eigenvalue weighted by Gasteiger charge is -2.16.